The zero-order valence-corrected chi connectivity index (χ0v) is 12.2. The number of hydrogen-bond donors (Lipinski definition) is 0. The van der Waals surface area contributed by atoms with E-state index >= 15 is 0 Å². The summed E-state index contributed by atoms with van der Waals surface area (Å²) >= 11 is 5.92. The lowest BCUT2D eigenvalue weighted by molar-refractivity contribution is -0.00461. The Morgan fingerprint density at radius 3 is 2.37 bits per heavy atom. The van der Waals surface area contributed by atoms with Crippen molar-refractivity contribution in [3.8, 4) is 0 Å². The molecule has 0 saturated carbocycles. The minimum Gasteiger partial charge on any atom is -0.377 e. The third-order valence-electron chi connectivity index (χ3n) is 3.14. The lowest BCUT2D eigenvalue weighted by Gasteiger charge is -2.16. The molecule has 1 aromatic rings. The number of methoxy groups -OCH3 is 2. The van der Waals surface area contributed by atoms with Crippen LogP contribution < -0.4 is 0 Å². The van der Waals surface area contributed by atoms with Gasteiger partial charge in [-0.05, 0) is 6.07 Å². The number of rotatable bonds is 4. The number of ether oxygens (including phenoxy) is 2. The van der Waals surface area contributed by atoms with Crippen molar-refractivity contribution in [2.75, 3.05) is 27.3 Å². The molecule has 19 heavy (non-hydrogen) atoms. The quantitative estimate of drug-likeness (QED) is 0.822. The highest BCUT2D eigenvalue weighted by atomic mass is 35.5. The van der Waals surface area contributed by atoms with Crippen LogP contribution in [0.3, 0.4) is 0 Å². The zero-order valence-electron chi connectivity index (χ0n) is 10.6. The molecule has 8 heteroatoms. The highest BCUT2D eigenvalue weighted by Crippen LogP contribution is 2.27. The Labute approximate surface area is 117 Å². The van der Waals surface area contributed by atoms with E-state index < -0.39 is 10.0 Å². The monoisotopic (exact) mass is 306 g/mol. The maximum atomic E-state index is 12.5. The van der Waals surface area contributed by atoms with Gasteiger partial charge in [-0.3, -0.25) is 4.98 Å². The van der Waals surface area contributed by atoms with Gasteiger partial charge in [0.15, 0.2) is 0 Å². The summed E-state index contributed by atoms with van der Waals surface area (Å²) in [6.45, 7) is 0.477. The standard InChI is InChI=1S/C11H15ClN2O4S/c1-17-9-6-14(7-10(9)18-2)19(15,16)11-5-13-4-3-8(11)12/h3-5,9-10H,6-7H2,1-2H3. The molecule has 1 fully saturated rings. The topological polar surface area (TPSA) is 68.7 Å². The molecule has 0 N–H and O–H groups in total. The molecule has 0 aliphatic carbocycles. The average molecular weight is 307 g/mol. The summed E-state index contributed by atoms with van der Waals surface area (Å²) < 4.78 is 36.7. The van der Waals surface area contributed by atoms with Gasteiger partial charge in [-0.1, -0.05) is 11.6 Å². The number of pyridine rings is 1. The van der Waals surface area contributed by atoms with Crippen LogP contribution in [0.4, 0.5) is 0 Å². The fourth-order valence-corrected chi connectivity index (χ4v) is 3.92. The summed E-state index contributed by atoms with van der Waals surface area (Å²) in [4.78, 5) is 3.81. The SMILES string of the molecule is COC1CN(S(=O)(=O)c2cnccc2Cl)CC1OC. The highest BCUT2D eigenvalue weighted by molar-refractivity contribution is 7.89. The van der Waals surface area contributed by atoms with Crippen LogP contribution in [-0.4, -0.2) is 57.2 Å². The van der Waals surface area contributed by atoms with E-state index in [0.29, 0.717) is 0 Å². The van der Waals surface area contributed by atoms with Crippen molar-refractivity contribution in [2.45, 2.75) is 17.1 Å². The summed E-state index contributed by atoms with van der Waals surface area (Å²) in [5, 5.41) is 0.157. The fourth-order valence-electron chi connectivity index (χ4n) is 2.05. The number of hydrogen-bond acceptors (Lipinski definition) is 5. The van der Waals surface area contributed by atoms with E-state index in [2.05, 4.69) is 4.98 Å². The second-order valence-corrected chi connectivity index (χ2v) is 6.49. The molecule has 6 nitrogen and oxygen atoms in total. The molecular formula is C11H15ClN2O4S. The van der Waals surface area contributed by atoms with E-state index in [4.69, 9.17) is 21.1 Å². The van der Waals surface area contributed by atoms with Gasteiger partial charge in [-0.2, -0.15) is 4.31 Å². The van der Waals surface area contributed by atoms with Gasteiger partial charge < -0.3 is 9.47 Å². The maximum absolute atomic E-state index is 12.5. The predicted molar refractivity (Wildman–Crippen MR) is 69.6 cm³/mol. The Bertz CT molecular complexity index is 539. The van der Waals surface area contributed by atoms with Gasteiger partial charge in [0.25, 0.3) is 0 Å². The third kappa shape index (κ3) is 2.75. The Hall–Kier alpha value is -0.730. The molecule has 2 heterocycles. The lowest BCUT2D eigenvalue weighted by atomic mass is 10.3. The molecule has 2 atom stereocenters. The summed E-state index contributed by atoms with van der Waals surface area (Å²) in [5.41, 5.74) is 0. The van der Waals surface area contributed by atoms with Crippen LogP contribution in [0.2, 0.25) is 5.02 Å². The van der Waals surface area contributed by atoms with Crippen molar-refractivity contribution in [3.05, 3.63) is 23.5 Å². The zero-order chi connectivity index (χ0) is 14.0. The van der Waals surface area contributed by atoms with Gasteiger partial charge in [-0.25, -0.2) is 8.42 Å². The van der Waals surface area contributed by atoms with E-state index in [9.17, 15) is 8.42 Å². The molecule has 2 unspecified atom stereocenters. The van der Waals surface area contributed by atoms with Gasteiger partial charge in [0, 0.05) is 39.7 Å². The van der Waals surface area contributed by atoms with Crippen LogP contribution in [0.25, 0.3) is 0 Å². The van der Waals surface area contributed by atoms with Crippen LogP contribution in [0.15, 0.2) is 23.4 Å². The van der Waals surface area contributed by atoms with Crippen molar-refractivity contribution < 1.29 is 17.9 Å². The van der Waals surface area contributed by atoms with E-state index in [0.717, 1.165) is 0 Å². The van der Waals surface area contributed by atoms with Crippen molar-refractivity contribution in [1.82, 2.24) is 9.29 Å². The van der Waals surface area contributed by atoms with Crippen LogP contribution >= 0.6 is 11.6 Å². The molecule has 106 valence electrons. The normalized spacial score (nSPS) is 24.8. The van der Waals surface area contributed by atoms with Crippen LogP contribution in [0, 0.1) is 0 Å². The van der Waals surface area contributed by atoms with Gasteiger partial charge in [0.1, 0.15) is 4.90 Å². The smallest absolute Gasteiger partial charge is 0.246 e. The molecule has 0 bridgehead atoms. The van der Waals surface area contributed by atoms with Gasteiger partial charge in [0.2, 0.25) is 10.0 Å². The van der Waals surface area contributed by atoms with Gasteiger partial charge >= 0.3 is 0 Å². The van der Waals surface area contributed by atoms with Crippen LogP contribution in [0.5, 0.6) is 0 Å². The van der Waals surface area contributed by atoms with E-state index in [1.165, 1.54) is 37.0 Å². The summed E-state index contributed by atoms with van der Waals surface area (Å²) in [6, 6.07) is 1.45. The first-order valence-electron chi connectivity index (χ1n) is 5.66. The lowest BCUT2D eigenvalue weighted by Crippen LogP contribution is -2.30. The number of halogens is 1. The predicted octanol–water partition coefficient (Wildman–Crippen LogP) is 0.769. The van der Waals surface area contributed by atoms with Crippen molar-refractivity contribution in [3.63, 3.8) is 0 Å². The van der Waals surface area contributed by atoms with Crippen molar-refractivity contribution in [2.24, 2.45) is 0 Å². The van der Waals surface area contributed by atoms with Gasteiger partial charge in [0.05, 0.1) is 17.2 Å². The first-order chi connectivity index (χ1) is 9.00. The molecule has 1 aliphatic heterocycles. The van der Waals surface area contributed by atoms with Crippen molar-refractivity contribution in [1.29, 1.82) is 0 Å². The van der Waals surface area contributed by atoms with E-state index in [1.54, 1.807) is 0 Å². The Balaban J connectivity index is 2.30. The minimum absolute atomic E-state index is 0.00303. The molecule has 1 aromatic heterocycles. The first-order valence-corrected chi connectivity index (χ1v) is 7.47. The highest BCUT2D eigenvalue weighted by Gasteiger charge is 2.40. The molecule has 0 radical (unpaired) electrons. The van der Waals surface area contributed by atoms with Crippen LogP contribution in [-0.2, 0) is 19.5 Å². The Morgan fingerprint density at radius 1 is 1.32 bits per heavy atom. The fraction of sp³-hybridized carbons (Fsp3) is 0.545. The molecule has 2 rings (SSSR count). The number of nitrogens with zero attached hydrogens (tertiary/aromatic N) is 2. The van der Waals surface area contributed by atoms with Gasteiger partial charge in [-0.15, -0.1) is 0 Å². The third-order valence-corrected chi connectivity index (χ3v) is 5.44. The summed E-state index contributed by atoms with van der Waals surface area (Å²) in [5.74, 6) is 0. The Morgan fingerprint density at radius 2 is 1.89 bits per heavy atom. The molecule has 1 saturated heterocycles. The van der Waals surface area contributed by atoms with Crippen molar-refractivity contribution >= 4 is 21.6 Å². The average Bonchev–Trinajstić information content (AvgIpc) is 2.83. The first kappa shape index (κ1) is 14.7. The molecule has 0 amide bonds. The summed E-state index contributed by atoms with van der Waals surface area (Å²) in [7, 11) is -0.613. The van der Waals surface area contributed by atoms with E-state index in [1.807, 2.05) is 0 Å². The molecule has 0 aromatic carbocycles. The summed E-state index contributed by atoms with van der Waals surface area (Å²) in [6.07, 6.45) is 2.13. The Kier molecular flexibility index (Phi) is 4.42. The number of sulfonamides is 1. The van der Waals surface area contributed by atoms with E-state index in [-0.39, 0.29) is 35.2 Å². The largest absolute Gasteiger partial charge is 0.377 e. The van der Waals surface area contributed by atoms with Crippen LogP contribution in [0.1, 0.15) is 0 Å². The molecular weight excluding hydrogens is 292 g/mol. The minimum atomic E-state index is -3.68. The second-order valence-electron chi connectivity index (χ2n) is 4.18. The maximum Gasteiger partial charge on any atom is 0.246 e. The molecule has 1 aliphatic rings. The number of aromatic nitrogens is 1. The second kappa shape index (κ2) is 5.72. The molecule has 0 spiro atoms.